The minimum absolute atomic E-state index is 0. The van der Waals surface area contributed by atoms with Crippen molar-refractivity contribution in [3.63, 3.8) is 0 Å². The van der Waals surface area contributed by atoms with Crippen LogP contribution in [-0.2, 0) is 0 Å². The fraction of sp³-hybridized carbons (Fsp3) is 0.333. The van der Waals surface area contributed by atoms with E-state index in [4.69, 9.17) is 4.98 Å². The van der Waals surface area contributed by atoms with Crippen LogP contribution in [0.2, 0.25) is 0 Å². The van der Waals surface area contributed by atoms with Crippen molar-refractivity contribution in [1.29, 1.82) is 0 Å². The number of nitro groups is 1. The van der Waals surface area contributed by atoms with Gasteiger partial charge in [0.15, 0.2) is 5.13 Å². The summed E-state index contributed by atoms with van der Waals surface area (Å²) in [6.45, 7) is 5.27. The third-order valence-corrected chi connectivity index (χ3v) is 5.91. The van der Waals surface area contributed by atoms with Gasteiger partial charge in [0.2, 0.25) is 0 Å². The van der Waals surface area contributed by atoms with E-state index in [2.05, 4.69) is 0 Å². The topological polar surface area (TPSA) is 79.6 Å². The summed E-state index contributed by atoms with van der Waals surface area (Å²) in [5.41, 5.74) is 2.98. The van der Waals surface area contributed by atoms with Crippen molar-refractivity contribution in [1.82, 2.24) is 9.88 Å². The van der Waals surface area contributed by atoms with E-state index in [1.54, 1.807) is 17.0 Å². The molecule has 0 unspecified atom stereocenters. The highest BCUT2D eigenvalue weighted by Crippen LogP contribution is 2.33. The van der Waals surface area contributed by atoms with E-state index < -0.39 is 10.8 Å². The number of benzene rings is 2. The van der Waals surface area contributed by atoms with E-state index in [0.29, 0.717) is 11.7 Å². The second kappa shape index (κ2) is 9.97. The van der Waals surface area contributed by atoms with Crippen LogP contribution in [0.15, 0.2) is 36.4 Å². The molecule has 30 heavy (non-hydrogen) atoms. The van der Waals surface area contributed by atoms with Crippen LogP contribution in [0.4, 0.5) is 10.8 Å². The molecule has 0 atom stereocenters. The van der Waals surface area contributed by atoms with Gasteiger partial charge in [0.1, 0.15) is 5.56 Å². The first-order valence-electron chi connectivity index (χ1n) is 9.36. The number of thiazole rings is 1. The van der Waals surface area contributed by atoms with Gasteiger partial charge in [-0.3, -0.25) is 19.8 Å². The average Bonchev–Trinajstić information content (AvgIpc) is 3.12. The molecule has 0 N–H and O–H groups in total. The van der Waals surface area contributed by atoms with Crippen LogP contribution in [0.25, 0.3) is 10.2 Å². The smallest absolute Gasteiger partial charge is 0.282 e. The van der Waals surface area contributed by atoms with E-state index >= 15 is 0 Å². The summed E-state index contributed by atoms with van der Waals surface area (Å²) in [6.07, 6.45) is 0.729. The number of amides is 1. The molecular weight excluding hydrogens is 424 g/mol. The number of hydrogen-bond donors (Lipinski definition) is 0. The fourth-order valence-corrected chi connectivity index (χ4v) is 4.17. The van der Waals surface area contributed by atoms with Crippen LogP contribution in [0.5, 0.6) is 0 Å². The van der Waals surface area contributed by atoms with E-state index in [1.165, 1.54) is 23.5 Å². The van der Waals surface area contributed by atoms with Crippen LogP contribution >= 0.6 is 23.7 Å². The number of anilines is 1. The van der Waals surface area contributed by atoms with Gasteiger partial charge < -0.3 is 4.90 Å². The highest BCUT2D eigenvalue weighted by atomic mass is 35.5. The van der Waals surface area contributed by atoms with Gasteiger partial charge in [0.05, 0.1) is 15.1 Å². The van der Waals surface area contributed by atoms with Gasteiger partial charge in [0.25, 0.3) is 11.6 Å². The lowest BCUT2D eigenvalue weighted by atomic mass is 10.1. The number of carbonyl (C=O) groups excluding carboxylic acids is 1. The molecule has 3 aromatic rings. The Hall–Kier alpha value is -2.55. The molecule has 0 saturated carbocycles. The lowest BCUT2D eigenvalue weighted by Gasteiger charge is -2.21. The third-order valence-electron chi connectivity index (χ3n) is 4.87. The van der Waals surface area contributed by atoms with Crippen LogP contribution in [0, 0.1) is 24.0 Å². The predicted octanol–water partition coefficient (Wildman–Crippen LogP) is 4.84. The molecule has 7 nitrogen and oxygen atoms in total. The summed E-state index contributed by atoms with van der Waals surface area (Å²) >= 11 is 1.43. The zero-order valence-corrected chi connectivity index (χ0v) is 19.0. The number of hydrogen-bond acceptors (Lipinski definition) is 6. The summed E-state index contributed by atoms with van der Waals surface area (Å²) in [7, 11) is 3.94. The van der Waals surface area contributed by atoms with E-state index in [-0.39, 0.29) is 23.7 Å². The SMILES string of the molecule is Cc1ccc2sc(N(CCCN(C)C)C(=O)c3ccccc3[N+](=O)[O-])nc2c1C.Cl. The van der Waals surface area contributed by atoms with Crippen molar-refractivity contribution < 1.29 is 9.72 Å². The molecule has 9 heteroatoms. The van der Waals surface area contributed by atoms with E-state index in [9.17, 15) is 14.9 Å². The summed E-state index contributed by atoms with van der Waals surface area (Å²) in [5, 5.41) is 12.0. The van der Waals surface area contributed by atoms with Gasteiger partial charge in [0, 0.05) is 12.6 Å². The number of aryl methyl sites for hydroxylation is 2. The molecule has 2 aromatic carbocycles. The highest BCUT2D eigenvalue weighted by Gasteiger charge is 2.27. The summed E-state index contributed by atoms with van der Waals surface area (Å²) in [5.74, 6) is -0.399. The first-order chi connectivity index (χ1) is 13.8. The van der Waals surface area contributed by atoms with Gasteiger partial charge >= 0.3 is 0 Å². The molecule has 1 aromatic heterocycles. The van der Waals surface area contributed by atoms with Crippen molar-refractivity contribution >= 4 is 50.7 Å². The standard InChI is InChI=1S/C21H24N4O3S.ClH/c1-14-10-11-18-19(15(14)2)22-21(29-18)24(13-7-12-23(3)4)20(26)16-8-5-6-9-17(16)25(27)28;/h5-6,8-11H,7,12-13H2,1-4H3;1H. The van der Waals surface area contributed by atoms with Crippen molar-refractivity contribution in [3.05, 3.63) is 63.2 Å². The van der Waals surface area contributed by atoms with Gasteiger partial charge in [-0.15, -0.1) is 12.4 Å². The number of carbonyl (C=O) groups is 1. The summed E-state index contributed by atoms with van der Waals surface area (Å²) in [6, 6.07) is 10.1. The third kappa shape index (κ3) is 4.95. The van der Waals surface area contributed by atoms with Crippen molar-refractivity contribution in [2.24, 2.45) is 0 Å². The fourth-order valence-electron chi connectivity index (χ4n) is 3.12. The van der Waals surface area contributed by atoms with E-state index in [1.807, 2.05) is 45.0 Å². The summed E-state index contributed by atoms with van der Waals surface area (Å²) in [4.78, 5) is 32.6. The number of nitrogens with zero attached hydrogens (tertiary/aromatic N) is 4. The maximum absolute atomic E-state index is 13.3. The second-order valence-electron chi connectivity index (χ2n) is 7.24. The van der Waals surface area contributed by atoms with Gasteiger partial charge in [-0.25, -0.2) is 4.98 Å². The lowest BCUT2D eigenvalue weighted by molar-refractivity contribution is -0.385. The average molecular weight is 449 g/mol. The Kier molecular flexibility index (Phi) is 7.89. The number of nitro benzene ring substituents is 1. The maximum atomic E-state index is 13.3. The molecule has 0 fully saturated rings. The Bertz CT molecular complexity index is 1070. The number of para-hydroxylation sites is 1. The zero-order valence-electron chi connectivity index (χ0n) is 17.4. The number of halogens is 1. The molecular formula is C21H25ClN4O3S. The lowest BCUT2D eigenvalue weighted by Crippen LogP contribution is -2.33. The highest BCUT2D eigenvalue weighted by molar-refractivity contribution is 7.22. The van der Waals surface area contributed by atoms with Crippen molar-refractivity contribution in [2.45, 2.75) is 20.3 Å². The quantitative estimate of drug-likeness (QED) is 0.381. The molecule has 0 saturated heterocycles. The van der Waals surface area contributed by atoms with Gasteiger partial charge in [-0.05, 0) is 64.2 Å². The number of aromatic nitrogens is 1. The normalized spacial score (nSPS) is 10.8. The largest absolute Gasteiger partial charge is 0.309 e. The summed E-state index contributed by atoms with van der Waals surface area (Å²) < 4.78 is 0.996. The minimum atomic E-state index is -0.517. The molecule has 0 bridgehead atoms. The molecule has 0 aliphatic heterocycles. The molecule has 1 amide bonds. The van der Waals surface area contributed by atoms with Crippen molar-refractivity contribution in [3.8, 4) is 0 Å². The first kappa shape index (κ1) is 23.7. The zero-order chi connectivity index (χ0) is 21.1. The molecule has 0 aliphatic rings. The minimum Gasteiger partial charge on any atom is -0.309 e. The Balaban J connectivity index is 0.00000320. The maximum Gasteiger partial charge on any atom is 0.282 e. The Labute approximate surface area is 185 Å². The molecule has 0 spiro atoms. The van der Waals surface area contributed by atoms with Crippen LogP contribution in [-0.4, -0.2) is 47.9 Å². The molecule has 3 rings (SSSR count). The first-order valence-corrected chi connectivity index (χ1v) is 10.2. The molecule has 0 aliphatic carbocycles. The molecule has 1 heterocycles. The van der Waals surface area contributed by atoms with E-state index in [0.717, 1.165) is 34.3 Å². The number of fused-ring (bicyclic) bond motifs is 1. The monoisotopic (exact) mass is 448 g/mol. The van der Waals surface area contributed by atoms with Gasteiger partial charge in [-0.1, -0.05) is 29.5 Å². The predicted molar refractivity (Wildman–Crippen MR) is 124 cm³/mol. The Morgan fingerprint density at radius 1 is 1.13 bits per heavy atom. The molecule has 0 radical (unpaired) electrons. The second-order valence-corrected chi connectivity index (χ2v) is 8.25. The van der Waals surface area contributed by atoms with Crippen LogP contribution in [0.3, 0.4) is 0 Å². The van der Waals surface area contributed by atoms with Crippen LogP contribution < -0.4 is 4.90 Å². The Morgan fingerprint density at radius 3 is 2.50 bits per heavy atom. The van der Waals surface area contributed by atoms with Crippen LogP contribution in [0.1, 0.15) is 27.9 Å². The number of rotatable bonds is 7. The Morgan fingerprint density at radius 2 is 1.83 bits per heavy atom. The van der Waals surface area contributed by atoms with Gasteiger partial charge in [-0.2, -0.15) is 0 Å². The molecule has 160 valence electrons. The van der Waals surface area contributed by atoms with Crippen molar-refractivity contribution in [2.75, 3.05) is 32.1 Å².